The fourth-order valence-electron chi connectivity index (χ4n) is 3.05. The van der Waals surface area contributed by atoms with E-state index in [0.29, 0.717) is 33.9 Å². The molecule has 0 bridgehead atoms. The lowest BCUT2D eigenvalue weighted by Gasteiger charge is -2.31. The molecule has 2 aromatic carbocycles. The number of para-hydroxylation sites is 1. The van der Waals surface area contributed by atoms with E-state index in [4.69, 9.17) is 27.9 Å². The van der Waals surface area contributed by atoms with Crippen LogP contribution in [0.5, 0.6) is 5.19 Å². The lowest BCUT2D eigenvalue weighted by molar-refractivity contribution is 0.0595. The van der Waals surface area contributed by atoms with Gasteiger partial charge in [0.05, 0.1) is 20.8 Å². The molecule has 0 N–H and O–H groups in total. The molecule has 1 amide bonds. The number of thiazole rings is 1. The first kappa shape index (κ1) is 17.6. The van der Waals surface area contributed by atoms with Crippen molar-refractivity contribution in [2.75, 3.05) is 13.1 Å². The third-order valence-corrected chi connectivity index (χ3v) is 5.91. The Balaban J connectivity index is 1.38. The van der Waals surface area contributed by atoms with Gasteiger partial charge in [0, 0.05) is 31.0 Å². The maximum Gasteiger partial charge on any atom is 0.274 e. The predicted octanol–water partition coefficient (Wildman–Crippen LogP) is 5.29. The van der Waals surface area contributed by atoms with Crippen LogP contribution in [0.4, 0.5) is 0 Å². The van der Waals surface area contributed by atoms with Crippen molar-refractivity contribution in [3.05, 3.63) is 58.1 Å². The fraction of sp³-hybridized carbons (Fsp3) is 0.263. The summed E-state index contributed by atoms with van der Waals surface area (Å²) in [7, 11) is 0. The maximum atomic E-state index is 12.7. The Hall–Kier alpha value is -1.82. The van der Waals surface area contributed by atoms with Gasteiger partial charge < -0.3 is 9.64 Å². The second-order valence-corrected chi connectivity index (χ2v) is 8.02. The topological polar surface area (TPSA) is 42.4 Å². The first-order valence-electron chi connectivity index (χ1n) is 8.37. The van der Waals surface area contributed by atoms with Gasteiger partial charge >= 0.3 is 0 Å². The first-order valence-corrected chi connectivity index (χ1v) is 9.94. The summed E-state index contributed by atoms with van der Waals surface area (Å²) in [6, 6.07) is 12.9. The predicted molar refractivity (Wildman–Crippen MR) is 106 cm³/mol. The Morgan fingerprint density at radius 2 is 1.92 bits per heavy atom. The van der Waals surface area contributed by atoms with Gasteiger partial charge in [-0.1, -0.05) is 46.7 Å². The van der Waals surface area contributed by atoms with E-state index in [1.54, 1.807) is 29.5 Å². The van der Waals surface area contributed by atoms with E-state index >= 15 is 0 Å². The van der Waals surface area contributed by atoms with Gasteiger partial charge in [0.2, 0.25) is 0 Å². The highest BCUT2D eigenvalue weighted by atomic mass is 35.5. The Morgan fingerprint density at radius 3 is 2.65 bits per heavy atom. The molecule has 1 aliphatic heterocycles. The summed E-state index contributed by atoms with van der Waals surface area (Å²) < 4.78 is 7.16. The molecule has 1 aliphatic rings. The van der Waals surface area contributed by atoms with Crippen molar-refractivity contribution < 1.29 is 9.53 Å². The highest BCUT2D eigenvalue weighted by Crippen LogP contribution is 2.30. The fourth-order valence-corrected chi connectivity index (χ4v) is 4.42. The highest BCUT2D eigenvalue weighted by molar-refractivity contribution is 7.20. The van der Waals surface area contributed by atoms with Crippen LogP contribution >= 0.6 is 34.5 Å². The number of amides is 1. The van der Waals surface area contributed by atoms with Gasteiger partial charge in [-0.15, -0.1) is 0 Å². The number of aromatic nitrogens is 1. The Kier molecular flexibility index (Phi) is 5.02. The SMILES string of the molecule is O=C(c1ccc(Cl)cc1Cl)N1CCC(Oc2nc3ccccc3s2)CC1. The summed E-state index contributed by atoms with van der Waals surface area (Å²) in [6.07, 6.45) is 1.61. The number of nitrogens with zero attached hydrogens (tertiary/aromatic N) is 2. The lowest BCUT2D eigenvalue weighted by atomic mass is 10.1. The van der Waals surface area contributed by atoms with Crippen LogP contribution in [0, 0.1) is 0 Å². The Morgan fingerprint density at radius 1 is 1.15 bits per heavy atom. The van der Waals surface area contributed by atoms with Crippen LogP contribution in [0.3, 0.4) is 0 Å². The Labute approximate surface area is 165 Å². The van der Waals surface area contributed by atoms with E-state index in [1.165, 1.54) is 0 Å². The number of carbonyl (C=O) groups is 1. The molecule has 1 aromatic heterocycles. The van der Waals surface area contributed by atoms with Gasteiger partial charge in [-0.25, -0.2) is 4.98 Å². The van der Waals surface area contributed by atoms with Gasteiger partial charge in [0.15, 0.2) is 0 Å². The number of hydrogen-bond donors (Lipinski definition) is 0. The first-order chi connectivity index (χ1) is 12.6. The normalized spacial score (nSPS) is 15.4. The van der Waals surface area contributed by atoms with Crippen molar-refractivity contribution in [3.8, 4) is 5.19 Å². The van der Waals surface area contributed by atoms with Crippen LogP contribution in [0.15, 0.2) is 42.5 Å². The van der Waals surface area contributed by atoms with Gasteiger partial charge in [-0.3, -0.25) is 4.79 Å². The number of benzene rings is 2. The van der Waals surface area contributed by atoms with Crippen LogP contribution in [0.2, 0.25) is 10.0 Å². The highest BCUT2D eigenvalue weighted by Gasteiger charge is 2.26. The van der Waals surface area contributed by atoms with Gasteiger partial charge in [-0.2, -0.15) is 0 Å². The molecule has 1 fully saturated rings. The molecule has 0 saturated carbocycles. The van der Waals surface area contributed by atoms with E-state index in [1.807, 2.05) is 29.2 Å². The standard InChI is InChI=1S/C19H16Cl2N2O2S/c20-12-5-6-14(15(21)11-12)18(24)23-9-7-13(8-10-23)25-19-22-16-3-1-2-4-17(16)26-19/h1-6,11,13H,7-10H2. The summed E-state index contributed by atoms with van der Waals surface area (Å²) >= 11 is 13.6. The van der Waals surface area contributed by atoms with E-state index < -0.39 is 0 Å². The second-order valence-electron chi connectivity index (χ2n) is 6.18. The molecule has 134 valence electrons. The summed E-state index contributed by atoms with van der Waals surface area (Å²) in [5.74, 6) is -0.0647. The molecule has 7 heteroatoms. The van der Waals surface area contributed by atoms with Crippen molar-refractivity contribution in [1.29, 1.82) is 0 Å². The number of ether oxygens (including phenoxy) is 1. The zero-order valence-corrected chi connectivity index (χ0v) is 16.2. The van der Waals surface area contributed by atoms with Crippen LogP contribution in [0.25, 0.3) is 10.2 Å². The summed E-state index contributed by atoms with van der Waals surface area (Å²) in [5.41, 5.74) is 1.44. The molecule has 0 unspecified atom stereocenters. The molecular formula is C19H16Cl2N2O2S. The average molecular weight is 407 g/mol. The van der Waals surface area contributed by atoms with Crippen molar-refractivity contribution >= 4 is 50.7 Å². The van der Waals surface area contributed by atoms with E-state index in [0.717, 1.165) is 23.1 Å². The number of hydrogen-bond acceptors (Lipinski definition) is 4. The summed E-state index contributed by atoms with van der Waals surface area (Å²) in [4.78, 5) is 19.0. The van der Waals surface area contributed by atoms with Crippen LogP contribution in [0.1, 0.15) is 23.2 Å². The number of rotatable bonds is 3. The largest absolute Gasteiger partial charge is 0.467 e. The van der Waals surface area contributed by atoms with Crippen LogP contribution < -0.4 is 4.74 Å². The van der Waals surface area contributed by atoms with Gasteiger partial charge in [0.1, 0.15) is 6.10 Å². The van der Waals surface area contributed by atoms with E-state index in [-0.39, 0.29) is 12.0 Å². The zero-order chi connectivity index (χ0) is 18.1. The quantitative estimate of drug-likeness (QED) is 0.593. The number of likely N-dealkylation sites (tertiary alicyclic amines) is 1. The molecule has 3 aromatic rings. The molecule has 0 radical (unpaired) electrons. The van der Waals surface area contributed by atoms with Crippen LogP contribution in [-0.4, -0.2) is 35.0 Å². The van der Waals surface area contributed by atoms with E-state index in [9.17, 15) is 4.79 Å². The monoisotopic (exact) mass is 406 g/mol. The smallest absolute Gasteiger partial charge is 0.274 e. The molecule has 1 saturated heterocycles. The minimum atomic E-state index is -0.0647. The number of halogens is 2. The second kappa shape index (κ2) is 7.43. The summed E-state index contributed by atoms with van der Waals surface area (Å²) in [6.45, 7) is 1.26. The van der Waals surface area contributed by atoms with E-state index in [2.05, 4.69) is 4.98 Å². The zero-order valence-electron chi connectivity index (χ0n) is 13.8. The minimum absolute atomic E-state index is 0.0647. The van der Waals surface area contributed by atoms with Crippen molar-refractivity contribution in [2.24, 2.45) is 0 Å². The summed E-state index contributed by atoms with van der Waals surface area (Å²) in [5, 5.41) is 1.60. The molecule has 0 spiro atoms. The van der Waals surface area contributed by atoms with Gasteiger partial charge in [-0.05, 0) is 30.3 Å². The molecule has 4 rings (SSSR count). The minimum Gasteiger partial charge on any atom is -0.467 e. The van der Waals surface area contributed by atoms with Crippen molar-refractivity contribution in [2.45, 2.75) is 18.9 Å². The maximum absolute atomic E-state index is 12.7. The Bertz CT molecular complexity index is 919. The van der Waals surface area contributed by atoms with Gasteiger partial charge in [0.25, 0.3) is 11.1 Å². The average Bonchev–Trinajstić information content (AvgIpc) is 3.04. The molecular weight excluding hydrogens is 391 g/mol. The molecule has 0 atom stereocenters. The molecule has 26 heavy (non-hydrogen) atoms. The third-order valence-electron chi connectivity index (χ3n) is 4.43. The molecule has 2 heterocycles. The van der Waals surface area contributed by atoms with Crippen LogP contribution in [-0.2, 0) is 0 Å². The number of fused-ring (bicyclic) bond motifs is 1. The lowest BCUT2D eigenvalue weighted by Crippen LogP contribution is -2.41. The molecule has 0 aliphatic carbocycles. The number of piperidine rings is 1. The number of carbonyl (C=O) groups excluding carboxylic acids is 1. The van der Waals surface area contributed by atoms with Crippen molar-refractivity contribution in [1.82, 2.24) is 9.88 Å². The third kappa shape index (κ3) is 3.65. The van der Waals surface area contributed by atoms with Crippen molar-refractivity contribution in [3.63, 3.8) is 0 Å². The molecule has 4 nitrogen and oxygen atoms in total.